The Hall–Kier alpha value is -5.77. The molecule has 2 aliphatic heterocycles. The Kier molecular flexibility index (Phi) is 14.0. The Morgan fingerprint density at radius 3 is 2.36 bits per heavy atom. The standard InChI is InChI=1S/C39H49N9O7/c1-4-28-35(51)47-32(24(3)49)38(54)46-30(20-25-12-6-5-7-13-25)39(55)48-19-11-16-31(48)37(53)41-18-9-8-15-29(36(52)44-28)45-34(50)27-22-42-33(43-23(27)2)26-14-10-17-40-21-26/h5-7,10,12-14,17,21-22,24,28-32,49H,4,8-9,11,15-16,18-20H2,1-3H3,(H,41,53)(H,44,52)(H,45,50)(H,46,54)(H,47,51)/t24-,28+,29+,30-,31+,32+/m1/s1. The summed E-state index contributed by atoms with van der Waals surface area (Å²) in [6, 6.07) is 7.03. The van der Waals surface area contributed by atoms with Crippen LogP contribution in [0.25, 0.3) is 11.4 Å². The zero-order valence-corrected chi connectivity index (χ0v) is 31.3. The number of benzene rings is 1. The predicted octanol–water partition coefficient (Wildman–Crippen LogP) is 0.724. The molecular weight excluding hydrogens is 706 g/mol. The van der Waals surface area contributed by atoms with Crippen LogP contribution in [0.15, 0.2) is 61.1 Å². The van der Waals surface area contributed by atoms with Gasteiger partial charge in [-0.1, -0.05) is 37.3 Å². The van der Waals surface area contributed by atoms with E-state index in [4.69, 9.17) is 0 Å². The molecule has 0 spiro atoms. The second kappa shape index (κ2) is 19.0. The number of aromatic nitrogens is 3. The van der Waals surface area contributed by atoms with Crippen LogP contribution in [0.2, 0.25) is 0 Å². The lowest BCUT2D eigenvalue weighted by Crippen LogP contribution is -2.61. The molecule has 3 aromatic rings. The summed E-state index contributed by atoms with van der Waals surface area (Å²) in [7, 11) is 0. The second-order valence-corrected chi connectivity index (χ2v) is 13.9. The van der Waals surface area contributed by atoms with Gasteiger partial charge >= 0.3 is 0 Å². The van der Waals surface area contributed by atoms with Gasteiger partial charge in [0.2, 0.25) is 29.5 Å². The summed E-state index contributed by atoms with van der Waals surface area (Å²) in [5, 5.41) is 24.3. The summed E-state index contributed by atoms with van der Waals surface area (Å²) in [5.41, 5.74) is 1.96. The van der Waals surface area contributed by atoms with Gasteiger partial charge in [0.1, 0.15) is 30.2 Å². The van der Waals surface area contributed by atoms with Crippen LogP contribution in [0.3, 0.4) is 0 Å². The minimum Gasteiger partial charge on any atom is -0.391 e. The summed E-state index contributed by atoms with van der Waals surface area (Å²) in [5.74, 6) is -3.19. The van der Waals surface area contributed by atoms with Crippen molar-refractivity contribution in [2.45, 2.75) is 102 Å². The highest BCUT2D eigenvalue weighted by Gasteiger charge is 2.39. The topological polar surface area (TPSA) is 225 Å². The van der Waals surface area contributed by atoms with E-state index in [1.165, 1.54) is 18.0 Å². The fraction of sp³-hybridized carbons (Fsp3) is 0.462. The summed E-state index contributed by atoms with van der Waals surface area (Å²) in [6.45, 7) is 5.22. The lowest BCUT2D eigenvalue weighted by molar-refractivity contribution is -0.142. The molecule has 6 N–H and O–H groups in total. The summed E-state index contributed by atoms with van der Waals surface area (Å²) in [6.07, 6.45) is 5.50. The molecule has 6 amide bonds. The van der Waals surface area contributed by atoms with E-state index < -0.39 is 65.8 Å². The number of aryl methyl sites for hydroxylation is 1. The molecular formula is C39H49N9O7. The first-order valence-electron chi connectivity index (χ1n) is 18.7. The molecule has 2 aromatic heterocycles. The molecule has 16 nitrogen and oxygen atoms in total. The number of hydrogen-bond donors (Lipinski definition) is 6. The molecule has 0 saturated carbocycles. The van der Waals surface area contributed by atoms with E-state index in [2.05, 4.69) is 41.5 Å². The summed E-state index contributed by atoms with van der Waals surface area (Å²) >= 11 is 0. The number of fused-ring (bicyclic) bond motifs is 1. The lowest BCUT2D eigenvalue weighted by atomic mass is 10.0. The van der Waals surface area contributed by atoms with Crippen LogP contribution < -0.4 is 26.6 Å². The number of hydrogen-bond acceptors (Lipinski definition) is 10. The van der Waals surface area contributed by atoms with Crippen molar-refractivity contribution in [1.82, 2.24) is 46.4 Å². The average Bonchev–Trinajstić information content (AvgIpc) is 3.68. The molecule has 0 aliphatic carbocycles. The number of nitrogens with one attached hydrogen (secondary N) is 5. The van der Waals surface area contributed by atoms with Gasteiger partial charge in [-0.15, -0.1) is 0 Å². The number of amides is 6. The van der Waals surface area contributed by atoms with Crippen molar-refractivity contribution < 1.29 is 33.9 Å². The highest BCUT2D eigenvalue weighted by Crippen LogP contribution is 2.21. The normalized spacial score (nSPS) is 23.8. The molecule has 4 heterocycles. The van der Waals surface area contributed by atoms with Gasteiger partial charge < -0.3 is 36.6 Å². The van der Waals surface area contributed by atoms with E-state index in [1.54, 1.807) is 38.4 Å². The van der Waals surface area contributed by atoms with E-state index in [-0.39, 0.29) is 37.3 Å². The third-order valence-corrected chi connectivity index (χ3v) is 9.82. The van der Waals surface area contributed by atoms with Crippen molar-refractivity contribution in [3.8, 4) is 11.4 Å². The van der Waals surface area contributed by atoms with Crippen LogP contribution in [-0.4, -0.2) is 110 Å². The quantitative estimate of drug-likeness (QED) is 0.198. The third kappa shape index (κ3) is 10.5. The zero-order valence-electron chi connectivity index (χ0n) is 31.3. The maximum Gasteiger partial charge on any atom is 0.255 e. The second-order valence-electron chi connectivity index (χ2n) is 13.9. The van der Waals surface area contributed by atoms with Gasteiger partial charge in [-0.2, -0.15) is 0 Å². The first-order chi connectivity index (χ1) is 26.5. The summed E-state index contributed by atoms with van der Waals surface area (Å²) < 4.78 is 0. The Bertz CT molecular complexity index is 1840. The molecule has 55 heavy (non-hydrogen) atoms. The highest BCUT2D eigenvalue weighted by molar-refractivity contribution is 5.99. The largest absolute Gasteiger partial charge is 0.391 e. The molecule has 2 saturated heterocycles. The Balaban J connectivity index is 1.38. The van der Waals surface area contributed by atoms with Crippen molar-refractivity contribution in [2.75, 3.05) is 13.1 Å². The van der Waals surface area contributed by atoms with Gasteiger partial charge in [0.25, 0.3) is 5.91 Å². The highest BCUT2D eigenvalue weighted by atomic mass is 16.3. The molecule has 0 radical (unpaired) electrons. The number of rotatable bonds is 7. The molecule has 6 atom stereocenters. The smallest absolute Gasteiger partial charge is 0.255 e. The van der Waals surface area contributed by atoms with E-state index in [1.807, 2.05) is 30.3 Å². The number of nitrogens with zero attached hydrogens (tertiary/aromatic N) is 4. The summed E-state index contributed by atoms with van der Waals surface area (Å²) in [4.78, 5) is 96.5. The average molecular weight is 756 g/mol. The van der Waals surface area contributed by atoms with E-state index in [9.17, 15) is 33.9 Å². The fourth-order valence-electron chi connectivity index (χ4n) is 6.73. The minimum absolute atomic E-state index is 0.109. The molecule has 292 valence electrons. The molecule has 0 bridgehead atoms. The van der Waals surface area contributed by atoms with Crippen molar-refractivity contribution in [3.63, 3.8) is 0 Å². The van der Waals surface area contributed by atoms with E-state index in [0.29, 0.717) is 49.3 Å². The zero-order chi connectivity index (χ0) is 39.5. The molecule has 1 aromatic carbocycles. The third-order valence-electron chi connectivity index (χ3n) is 9.82. The van der Waals surface area contributed by atoms with Crippen LogP contribution in [0.1, 0.15) is 74.0 Å². The molecule has 5 rings (SSSR count). The number of carbonyl (C=O) groups excluding carboxylic acids is 6. The Labute approximate surface area is 319 Å². The van der Waals surface area contributed by atoms with Crippen molar-refractivity contribution in [3.05, 3.63) is 77.9 Å². The Morgan fingerprint density at radius 2 is 1.67 bits per heavy atom. The van der Waals surface area contributed by atoms with Gasteiger partial charge in [0.05, 0.1) is 17.4 Å². The van der Waals surface area contributed by atoms with Gasteiger partial charge in [0, 0.05) is 43.7 Å². The molecule has 0 unspecified atom stereocenters. The van der Waals surface area contributed by atoms with Crippen LogP contribution in [0, 0.1) is 6.92 Å². The van der Waals surface area contributed by atoms with Gasteiger partial charge in [-0.25, -0.2) is 9.97 Å². The molecule has 2 fully saturated rings. The van der Waals surface area contributed by atoms with Gasteiger partial charge in [0.15, 0.2) is 5.82 Å². The first kappa shape index (κ1) is 40.4. The van der Waals surface area contributed by atoms with Crippen molar-refractivity contribution in [1.29, 1.82) is 0 Å². The van der Waals surface area contributed by atoms with E-state index >= 15 is 0 Å². The monoisotopic (exact) mass is 755 g/mol. The number of aliphatic hydroxyl groups excluding tert-OH is 1. The van der Waals surface area contributed by atoms with Gasteiger partial charge in [-0.3, -0.25) is 33.8 Å². The number of carbonyl (C=O) groups is 6. The van der Waals surface area contributed by atoms with Crippen LogP contribution in [-0.2, 0) is 30.4 Å². The van der Waals surface area contributed by atoms with Crippen LogP contribution >= 0.6 is 0 Å². The van der Waals surface area contributed by atoms with Crippen LogP contribution in [0.5, 0.6) is 0 Å². The SMILES string of the molecule is CC[C@@H]1NC(=O)[C@@H](NC(=O)c2cnc(-c3cccnc3)nc2C)CCCCNC(=O)[C@@H]2CCCN2C(=O)[C@@H](Cc2ccccc2)NC(=O)[C@H]([C@@H](C)O)NC1=O. The number of pyridine rings is 1. The van der Waals surface area contributed by atoms with Crippen molar-refractivity contribution >= 4 is 35.4 Å². The lowest BCUT2D eigenvalue weighted by Gasteiger charge is -2.30. The first-order valence-corrected chi connectivity index (χ1v) is 18.7. The maximum atomic E-state index is 14.1. The Morgan fingerprint density at radius 1 is 0.909 bits per heavy atom. The van der Waals surface area contributed by atoms with Crippen molar-refractivity contribution in [2.24, 2.45) is 0 Å². The minimum atomic E-state index is -1.49. The molecule has 16 heteroatoms. The predicted molar refractivity (Wildman–Crippen MR) is 201 cm³/mol. The molecule has 2 aliphatic rings. The maximum absolute atomic E-state index is 14.1. The van der Waals surface area contributed by atoms with E-state index in [0.717, 1.165) is 5.56 Å². The number of aliphatic hydroxyl groups is 1. The van der Waals surface area contributed by atoms with Gasteiger partial charge in [-0.05, 0) is 70.1 Å². The fourth-order valence-corrected chi connectivity index (χ4v) is 6.73. The van der Waals surface area contributed by atoms with Crippen LogP contribution in [0.4, 0.5) is 0 Å².